The number of methoxy groups -OCH3 is 1. The minimum atomic E-state index is -1.09. The van der Waals surface area contributed by atoms with Crippen LogP contribution in [0.15, 0.2) is 10.5 Å². The van der Waals surface area contributed by atoms with Gasteiger partial charge in [0.05, 0.1) is 17.6 Å². The smallest absolute Gasteiger partial charge is 0.339 e. The standard InChI is InChI=1S/C17H21BrN2O5/c1-8-7-10-12(18)11(9(2)14(20(22)23)13(10)19-8)15(16(21)24-6)25-17(3,4)5/h7,15,19H,1-6H3/t15-/m0/s1. The molecule has 2 rings (SSSR count). The molecule has 1 atom stereocenters. The highest BCUT2D eigenvalue weighted by atomic mass is 79.9. The molecule has 0 radical (unpaired) electrons. The van der Waals surface area contributed by atoms with Gasteiger partial charge >= 0.3 is 5.97 Å². The van der Waals surface area contributed by atoms with Crippen LogP contribution in [0.2, 0.25) is 0 Å². The van der Waals surface area contributed by atoms with Crippen LogP contribution in [0.4, 0.5) is 5.69 Å². The van der Waals surface area contributed by atoms with Crippen LogP contribution >= 0.6 is 15.9 Å². The van der Waals surface area contributed by atoms with E-state index in [1.54, 1.807) is 33.8 Å². The predicted octanol–water partition coefficient (Wildman–Crippen LogP) is 4.48. The lowest BCUT2D eigenvalue weighted by Crippen LogP contribution is -2.29. The van der Waals surface area contributed by atoms with Crippen molar-refractivity contribution in [2.75, 3.05) is 7.11 Å². The number of rotatable bonds is 4. The molecule has 0 saturated carbocycles. The number of hydrogen-bond acceptors (Lipinski definition) is 5. The van der Waals surface area contributed by atoms with Gasteiger partial charge in [0.15, 0.2) is 6.10 Å². The van der Waals surface area contributed by atoms with Gasteiger partial charge in [0, 0.05) is 26.7 Å². The first-order valence-corrected chi connectivity index (χ1v) is 8.48. The number of carbonyl (C=O) groups excluding carboxylic acids is 1. The Kier molecular flexibility index (Phi) is 5.24. The number of esters is 1. The van der Waals surface area contributed by atoms with Gasteiger partial charge in [-0.2, -0.15) is 0 Å². The van der Waals surface area contributed by atoms with Crippen LogP contribution in [0.25, 0.3) is 10.9 Å². The third-order valence-electron chi connectivity index (χ3n) is 3.75. The molecular formula is C17H21BrN2O5. The molecule has 0 saturated heterocycles. The van der Waals surface area contributed by atoms with Gasteiger partial charge in [0.25, 0.3) is 5.69 Å². The highest BCUT2D eigenvalue weighted by molar-refractivity contribution is 9.10. The minimum absolute atomic E-state index is 0.0762. The molecule has 1 N–H and O–H groups in total. The largest absolute Gasteiger partial charge is 0.467 e. The molecular weight excluding hydrogens is 392 g/mol. The minimum Gasteiger partial charge on any atom is -0.467 e. The lowest BCUT2D eigenvalue weighted by molar-refractivity contribution is -0.383. The van der Waals surface area contributed by atoms with E-state index in [9.17, 15) is 14.9 Å². The summed E-state index contributed by atoms with van der Waals surface area (Å²) in [6, 6.07) is 1.79. The molecule has 1 aromatic heterocycles. The fraction of sp³-hybridized carbons (Fsp3) is 0.471. The zero-order valence-electron chi connectivity index (χ0n) is 15.0. The third-order valence-corrected chi connectivity index (χ3v) is 4.61. The van der Waals surface area contributed by atoms with Gasteiger partial charge in [-0.15, -0.1) is 0 Å². The Labute approximate surface area is 154 Å². The van der Waals surface area contributed by atoms with Crippen molar-refractivity contribution in [1.29, 1.82) is 0 Å². The lowest BCUT2D eigenvalue weighted by atomic mass is 9.98. The molecule has 2 aromatic rings. The summed E-state index contributed by atoms with van der Waals surface area (Å²) in [6.45, 7) is 8.84. The Morgan fingerprint density at radius 1 is 1.36 bits per heavy atom. The molecule has 0 fully saturated rings. The number of halogens is 1. The molecule has 1 heterocycles. The van der Waals surface area contributed by atoms with E-state index in [1.165, 1.54) is 7.11 Å². The highest BCUT2D eigenvalue weighted by Crippen LogP contribution is 2.43. The molecule has 0 aliphatic heterocycles. The number of nitrogens with one attached hydrogen (secondary N) is 1. The molecule has 8 heteroatoms. The van der Waals surface area contributed by atoms with Crippen molar-refractivity contribution < 1.29 is 19.2 Å². The molecule has 25 heavy (non-hydrogen) atoms. The highest BCUT2D eigenvalue weighted by Gasteiger charge is 2.35. The van der Waals surface area contributed by atoms with E-state index >= 15 is 0 Å². The van der Waals surface area contributed by atoms with E-state index < -0.39 is 22.6 Å². The van der Waals surface area contributed by atoms with Crippen molar-refractivity contribution in [3.63, 3.8) is 0 Å². The van der Waals surface area contributed by atoms with Crippen molar-refractivity contribution in [3.05, 3.63) is 37.5 Å². The molecule has 0 aliphatic rings. The Hall–Kier alpha value is -1.93. The monoisotopic (exact) mass is 412 g/mol. The zero-order valence-corrected chi connectivity index (χ0v) is 16.6. The molecule has 0 aliphatic carbocycles. The number of H-pyrrole nitrogens is 1. The molecule has 7 nitrogen and oxygen atoms in total. The summed E-state index contributed by atoms with van der Waals surface area (Å²) in [4.78, 5) is 26.6. The van der Waals surface area contributed by atoms with Gasteiger partial charge in [0.1, 0.15) is 5.52 Å². The van der Waals surface area contributed by atoms with Crippen molar-refractivity contribution in [2.45, 2.75) is 46.3 Å². The number of ether oxygens (including phenoxy) is 2. The molecule has 136 valence electrons. The number of nitro benzene ring substituents is 1. The average Bonchev–Trinajstić information content (AvgIpc) is 2.85. The van der Waals surface area contributed by atoms with E-state index in [2.05, 4.69) is 20.9 Å². The first-order chi connectivity index (χ1) is 11.5. The van der Waals surface area contributed by atoms with Crippen molar-refractivity contribution in [3.8, 4) is 0 Å². The second-order valence-electron chi connectivity index (χ2n) is 6.83. The Bertz CT molecular complexity index is 851. The van der Waals surface area contributed by atoms with E-state index in [1.807, 2.05) is 6.92 Å². The Morgan fingerprint density at radius 2 is 1.96 bits per heavy atom. The summed E-state index contributed by atoms with van der Waals surface area (Å²) in [5, 5.41) is 12.3. The topological polar surface area (TPSA) is 94.5 Å². The fourth-order valence-corrected chi connectivity index (χ4v) is 3.62. The molecule has 0 spiro atoms. The average molecular weight is 413 g/mol. The van der Waals surface area contributed by atoms with Crippen LogP contribution in [0.1, 0.15) is 43.7 Å². The summed E-state index contributed by atoms with van der Waals surface area (Å²) in [5.74, 6) is -0.611. The number of aryl methyl sites for hydroxylation is 1. The summed E-state index contributed by atoms with van der Waals surface area (Å²) in [6.07, 6.45) is -1.09. The number of aromatic nitrogens is 1. The van der Waals surface area contributed by atoms with E-state index in [0.717, 1.165) is 5.69 Å². The number of hydrogen-bond donors (Lipinski definition) is 1. The quantitative estimate of drug-likeness (QED) is 0.453. The van der Waals surface area contributed by atoms with E-state index in [0.29, 0.717) is 26.5 Å². The SMILES string of the molecule is COC(=O)[C@@H](OC(C)(C)C)c1c(C)c([N+](=O)[O-])c2[nH]c(C)cc2c1Br. The maximum absolute atomic E-state index is 12.4. The summed E-state index contributed by atoms with van der Waals surface area (Å²) in [5.41, 5.74) is 1.22. The number of nitrogens with zero attached hydrogens (tertiary/aromatic N) is 1. The first kappa shape index (κ1) is 19.4. The van der Waals surface area contributed by atoms with Crippen molar-refractivity contribution in [1.82, 2.24) is 4.98 Å². The van der Waals surface area contributed by atoms with Gasteiger partial charge in [-0.25, -0.2) is 4.79 Å². The summed E-state index contributed by atoms with van der Waals surface area (Å²) < 4.78 is 11.3. The molecule has 1 aromatic carbocycles. The van der Waals surface area contributed by atoms with Gasteiger partial charge in [-0.3, -0.25) is 10.1 Å². The normalized spacial score (nSPS) is 13.1. The molecule has 0 unspecified atom stereocenters. The van der Waals surface area contributed by atoms with Crippen LogP contribution in [-0.4, -0.2) is 28.6 Å². The third kappa shape index (κ3) is 3.69. The summed E-state index contributed by atoms with van der Waals surface area (Å²) in [7, 11) is 1.26. The van der Waals surface area contributed by atoms with Crippen molar-refractivity contribution in [2.24, 2.45) is 0 Å². The van der Waals surface area contributed by atoms with E-state index in [-0.39, 0.29) is 5.69 Å². The van der Waals surface area contributed by atoms with Crippen LogP contribution in [-0.2, 0) is 14.3 Å². The number of carbonyl (C=O) groups is 1. The second-order valence-corrected chi connectivity index (χ2v) is 7.63. The first-order valence-electron chi connectivity index (χ1n) is 7.69. The maximum atomic E-state index is 12.4. The van der Waals surface area contributed by atoms with Crippen LogP contribution < -0.4 is 0 Å². The second kappa shape index (κ2) is 6.76. The Balaban J connectivity index is 2.86. The lowest BCUT2D eigenvalue weighted by Gasteiger charge is -2.27. The van der Waals surface area contributed by atoms with Crippen molar-refractivity contribution >= 4 is 38.5 Å². The molecule has 0 amide bonds. The number of fused-ring (bicyclic) bond motifs is 1. The van der Waals surface area contributed by atoms with Crippen LogP contribution in [0, 0.1) is 24.0 Å². The van der Waals surface area contributed by atoms with Gasteiger partial charge in [0.2, 0.25) is 0 Å². The van der Waals surface area contributed by atoms with Gasteiger partial charge < -0.3 is 14.5 Å². The van der Waals surface area contributed by atoms with Gasteiger partial charge in [-0.05, 0) is 56.6 Å². The number of aromatic amines is 1. The zero-order chi connectivity index (χ0) is 19.1. The summed E-state index contributed by atoms with van der Waals surface area (Å²) >= 11 is 3.50. The van der Waals surface area contributed by atoms with Crippen LogP contribution in [0.5, 0.6) is 0 Å². The predicted molar refractivity (Wildman–Crippen MR) is 97.7 cm³/mol. The van der Waals surface area contributed by atoms with E-state index in [4.69, 9.17) is 9.47 Å². The Morgan fingerprint density at radius 3 is 2.44 bits per heavy atom. The molecule has 0 bridgehead atoms. The fourth-order valence-electron chi connectivity index (χ4n) is 2.80. The van der Waals surface area contributed by atoms with Gasteiger partial charge in [-0.1, -0.05) is 0 Å². The maximum Gasteiger partial charge on any atom is 0.339 e. The van der Waals surface area contributed by atoms with Crippen LogP contribution in [0.3, 0.4) is 0 Å². The number of benzene rings is 1. The number of nitro groups is 1.